The largest absolute Gasteiger partial charge is 0.293 e. The van der Waals surface area contributed by atoms with Crippen molar-refractivity contribution >= 4 is 5.91 Å². The maximum atomic E-state index is 11.5. The maximum Gasteiger partial charge on any atom is 0.283 e. The summed E-state index contributed by atoms with van der Waals surface area (Å²) in [6, 6.07) is 6.29. The quantitative estimate of drug-likeness (QED) is 0.422. The van der Waals surface area contributed by atoms with Crippen molar-refractivity contribution in [2.75, 3.05) is 0 Å². The van der Waals surface area contributed by atoms with Gasteiger partial charge in [0.15, 0.2) is 0 Å². The SMILES string of the molecule is NNC(=O)c1cccc(Cn2cnccc2=O)n1. The number of nitrogen functional groups attached to an aromatic ring is 1. The minimum absolute atomic E-state index is 0.180. The van der Waals surface area contributed by atoms with Crippen LogP contribution >= 0.6 is 0 Å². The number of aromatic nitrogens is 3. The van der Waals surface area contributed by atoms with Crippen molar-refractivity contribution in [1.82, 2.24) is 20.0 Å². The molecule has 0 saturated heterocycles. The first kappa shape index (κ1) is 11.9. The van der Waals surface area contributed by atoms with Crippen LogP contribution in [0.15, 0.2) is 41.6 Å². The number of rotatable bonds is 3. The lowest BCUT2D eigenvalue weighted by Crippen LogP contribution is -2.31. The number of carbonyl (C=O) groups excluding carboxylic acids is 1. The van der Waals surface area contributed by atoms with Crippen LogP contribution in [0.5, 0.6) is 0 Å². The summed E-state index contributed by atoms with van der Waals surface area (Å²) in [6.45, 7) is 0.248. The Labute approximate surface area is 102 Å². The van der Waals surface area contributed by atoms with Gasteiger partial charge in [-0.15, -0.1) is 0 Å². The molecule has 18 heavy (non-hydrogen) atoms. The first-order valence-electron chi connectivity index (χ1n) is 5.18. The fraction of sp³-hybridized carbons (Fsp3) is 0.0909. The van der Waals surface area contributed by atoms with Gasteiger partial charge in [0.2, 0.25) is 0 Å². The normalized spacial score (nSPS) is 10.1. The van der Waals surface area contributed by atoms with Crippen molar-refractivity contribution in [2.24, 2.45) is 5.84 Å². The molecular formula is C11H11N5O2. The van der Waals surface area contributed by atoms with E-state index in [0.29, 0.717) is 5.69 Å². The lowest BCUT2D eigenvalue weighted by molar-refractivity contribution is 0.0948. The van der Waals surface area contributed by atoms with E-state index < -0.39 is 5.91 Å². The van der Waals surface area contributed by atoms with E-state index in [0.717, 1.165) is 0 Å². The summed E-state index contributed by atoms with van der Waals surface area (Å²) < 4.78 is 1.40. The average Bonchev–Trinajstić information content (AvgIpc) is 2.41. The Balaban J connectivity index is 2.28. The van der Waals surface area contributed by atoms with Crippen LogP contribution < -0.4 is 16.8 Å². The van der Waals surface area contributed by atoms with Crippen LogP contribution in [-0.4, -0.2) is 20.4 Å². The fourth-order valence-electron chi connectivity index (χ4n) is 1.44. The number of nitrogens with zero attached hydrogens (tertiary/aromatic N) is 3. The monoisotopic (exact) mass is 245 g/mol. The number of nitrogens with one attached hydrogen (secondary N) is 1. The Hall–Kier alpha value is -2.54. The third-order valence-corrected chi connectivity index (χ3v) is 2.30. The minimum atomic E-state index is -0.476. The van der Waals surface area contributed by atoms with Crippen LogP contribution in [0.2, 0.25) is 0 Å². The van der Waals surface area contributed by atoms with E-state index in [1.165, 1.54) is 29.2 Å². The van der Waals surface area contributed by atoms with Crippen LogP contribution in [0.25, 0.3) is 0 Å². The molecule has 0 atom stereocenters. The van der Waals surface area contributed by atoms with Gasteiger partial charge in [-0.3, -0.25) is 19.6 Å². The van der Waals surface area contributed by atoms with Gasteiger partial charge in [0.05, 0.1) is 18.6 Å². The number of hydrogen-bond acceptors (Lipinski definition) is 5. The van der Waals surface area contributed by atoms with Crippen molar-refractivity contribution in [3.8, 4) is 0 Å². The zero-order chi connectivity index (χ0) is 13.0. The van der Waals surface area contributed by atoms with Crippen LogP contribution in [-0.2, 0) is 6.54 Å². The lowest BCUT2D eigenvalue weighted by Gasteiger charge is -2.05. The molecule has 0 saturated carbocycles. The molecule has 0 bridgehead atoms. The molecule has 0 radical (unpaired) electrons. The first-order valence-corrected chi connectivity index (χ1v) is 5.18. The molecular weight excluding hydrogens is 234 g/mol. The van der Waals surface area contributed by atoms with Gasteiger partial charge in [-0.1, -0.05) is 6.07 Å². The molecule has 2 rings (SSSR count). The molecule has 0 aliphatic rings. The van der Waals surface area contributed by atoms with Crippen molar-refractivity contribution in [3.05, 3.63) is 58.5 Å². The standard InChI is InChI=1S/C11H11N5O2/c12-15-11(18)9-3-1-2-8(14-9)6-16-7-13-5-4-10(16)17/h1-5,7H,6,12H2,(H,15,18). The highest BCUT2D eigenvalue weighted by Gasteiger charge is 2.06. The van der Waals surface area contributed by atoms with E-state index >= 15 is 0 Å². The molecule has 0 fully saturated rings. The highest BCUT2D eigenvalue weighted by molar-refractivity contribution is 5.91. The molecule has 0 aliphatic carbocycles. The van der Waals surface area contributed by atoms with E-state index in [1.807, 2.05) is 5.43 Å². The van der Waals surface area contributed by atoms with Gasteiger partial charge in [0.1, 0.15) is 5.69 Å². The summed E-state index contributed by atoms with van der Waals surface area (Å²) in [5.41, 5.74) is 2.60. The molecule has 0 aliphatic heterocycles. The molecule has 2 aromatic rings. The number of carbonyl (C=O) groups is 1. The fourth-order valence-corrected chi connectivity index (χ4v) is 1.44. The van der Waals surface area contributed by atoms with Crippen molar-refractivity contribution < 1.29 is 4.79 Å². The predicted octanol–water partition coefficient (Wildman–Crippen LogP) is -0.710. The Morgan fingerprint density at radius 1 is 1.39 bits per heavy atom. The van der Waals surface area contributed by atoms with Crippen LogP contribution in [0.3, 0.4) is 0 Å². The zero-order valence-corrected chi connectivity index (χ0v) is 9.41. The Morgan fingerprint density at radius 2 is 2.22 bits per heavy atom. The summed E-state index contributed by atoms with van der Waals surface area (Å²) in [7, 11) is 0. The summed E-state index contributed by atoms with van der Waals surface area (Å²) in [5.74, 6) is 4.55. The maximum absolute atomic E-state index is 11.5. The third-order valence-electron chi connectivity index (χ3n) is 2.30. The second-order valence-electron chi connectivity index (χ2n) is 3.53. The summed E-state index contributed by atoms with van der Waals surface area (Å²) >= 11 is 0. The Bertz CT molecular complexity index is 623. The Morgan fingerprint density at radius 3 is 2.94 bits per heavy atom. The molecule has 0 unspecified atom stereocenters. The average molecular weight is 245 g/mol. The van der Waals surface area contributed by atoms with Gasteiger partial charge in [-0.25, -0.2) is 15.8 Å². The number of hydrazine groups is 1. The summed E-state index contributed by atoms with van der Waals surface area (Å²) in [4.78, 5) is 30.8. The van der Waals surface area contributed by atoms with Gasteiger partial charge in [-0.2, -0.15) is 0 Å². The molecule has 2 aromatic heterocycles. The van der Waals surface area contributed by atoms with Gasteiger partial charge in [0, 0.05) is 12.3 Å². The van der Waals surface area contributed by atoms with Gasteiger partial charge < -0.3 is 0 Å². The van der Waals surface area contributed by atoms with Crippen LogP contribution in [0.1, 0.15) is 16.2 Å². The zero-order valence-electron chi connectivity index (χ0n) is 9.41. The van der Waals surface area contributed by atoms with Crippen molar-refractivity contribution in [3.63, 3.8) is 0 Å². The minimum Gasteiger partial charge on any atom is -0.293 e. The molecule has 1 amide bonds. The lowest BCUT2D eigenvalue weighted by atomic mass is 10.3. The number of pyridine rings is 1. The van der Waals surface area contributed by atoms with Crippen LogP contribution in [0.4, 0.5) is 0 Å². The van der Waals surface area contributed by atoms with Gasteiger partial charge >= 0.3 is 0 Å². The summed E-state index contributed by atoms with van der Waals surface area (Å²) in [5, 5.41) is 0. The number of amides is 1. The van der Waals surface area contributed by atoms with E-state index in [-0.39, 0.29) is 17.8 Å². The third kappa shape index (κ3) is 2.58. The van der Waals surface area contributed by atoms with Gasteiger partial charge in [0.25, 0.3) is 11.5 Å². The number of nitrogens with two attached hydrogens (primary N) is 1. The van der Waals surface area contributed by atoms with E-state index in [1.54, 1.807) is 12.1 Å². The highest BCUT2D eigenvalue weighted by Crippen LogP contribution is 2.00. The smallest absolute Gasteiger partial charge is 0.283 e. The molecule has 7 heteroatoms. The molecule has 0 aromatic carbocycles. The molecule has 7 nitrogen and oxygen atoms in total. The molecule has 0 spiro atoms. The Kier molecular flexibility index (Phi) is 3.44. The molecule has 2 heterocycles. The predicted molar refractivity (Wildman–Crippen MR) is 63.5 cm³/mol. The van der Waals surface area contributed by atoms with E-state index in [4.69, 9.17) is 5.84 Å². The second kappa shape index (κ2) is 5.19. The molecule has 3 N–H and O–H groups in total. The first-order chi connectivity index (χ1) is 8.70. The number of hydrogen-bond donors (Lipinski definition) is 2. The van der Waals surface area contributed by atoms with Crippen molar-refractivity contribution in [2.45, 2.75) is 6.54 Å². The van der Waals surface area contributed by atoms with E-state index in [2.05, 4.69) is 9.97 Å². The summed E-state index contributed by atoms with van der Waals surface area (Å²) in [6.07, 6.45) is 2.84. The highest BCUT2D eigenvalue weighted by atomic mass is 16.2. The van der Waals surface area contributed by atoms with Crippen LogP contribution in [0, 0.1) is 0 Å². The van der Waals surface area contributed by atoms with Crippen molar-refractivity contribution in [1.29, 1.82) is 0 Å². The second-order valence-corrected chi connectivity index (χ2v) is 3.53. The molecule has 92 valence electrons. The van der Waals surface area contributed by atoms with E-state index in [9.17, 15) is 9.59 Å². The van der Waals surface area contributed by atoms with Gasteiger partial charge in [-0.05, 0) is 12.1 Å². The topological polar surface area (TPSA) is 103 Å².